The molecule has 0 aliphatic carbocycles. The highest BCUT2D eigenvalue weighted by molar-refractivity contribution is 7.94. The Bertz CT molecular complexity index is 952. The third kappa shape index (κ3) is 2.93. The minimum atomic E-state index is -4.27. The summed E-state index contributed by atoms with van der Waals surface area (Å²) in [7, 11) is -4.27. The van der Waals surface area contributed by atoms with Crippen LogP contribution in [-0.2, 0) is 19.5 Å². The molecule has 0 fully saturated rings. The number of hydrogen-bond acceptors (Lipinski definition) is 6. The molecule has 0 radical (unpaired) electrons. The second-order valence-corrected chi connectivity index (χ2v) is 6.73. The molecular formula is C14H10O6S2. The van der Waals surface area contributed by atoms with Crippen molar-refractivity contribution < 1.29 is 27.6 Å². The van der Waals surface area contributed by atoms with Gasteiger partial charge in [0.15, 0.2) is 0 Å². The molecule has 0 amide bonds. The van der Waals surface area contributed by atoms with E-state index in [0.717, 1.165) is 28.2 Å². The summed E-state index contributed by atoms with van der Waals surface area (Å²) in [6.07, 6.45) is 0. The molecule has 0 aromatic heterocycles. The fourth-order valence-electron chi connectivity index (χ4n) is 2.27. The monoisotopic (exact) mass is 338 g/mol. The minimum absolute atomic E-state index is 0.166. The smallest absolute Gasteiger partial charge is 0.282 e. The van der Waals surface area contributed by atoms with Crippen LogP contribution in [-0.4, -0.2) is 18.2 Å². The van der Waals surface area contributed by atoms with E-state index in [1.807, 2.05) is 18.2 Å². The molecule has 2 N–H and O–H groups in total. The summed E-state index contributed by atoms with van der Waals surface area (Å²) in [4.78, 5) is 0.492. The van der Waals surface area contributed by atoms with E-state index in [1.54, 1.807) is 18.2 Å². The van der Waals surface area contributed by atoms with Gasteiger partial charge in [0.25, 0.3) is 10.1 Å². The van der Waals surface area contributed by atoms with Crippen molar-refractivity contribution in [3.63, 3.8) is 0 Å². The third-order valence-electron chi connectivity index (χ3n) is 3.24. The van der Waals surface area contributed by atoms with Gasteiger partial charge in [0.05, 0.1) is 16.9 Å². The van der Waals surface area contributed by atoms with E-state index in [2.05, 4.69) is 9.37 Å². The Morgan fingerprint density at radius 1 is 0.909 bits per heavy atom. The molecule has 6 nitrogen and oxygen atoms in total. The van der Waals surface area contributed by atoms with Crippen LogP contribution >= 0.6 is 12.0 Å². The highest BCUT2D eigenvalue weighted by atomic mass is 32.2. The molecule has 0 saturated heterocycles. The second-order valence-electron chi connectivity index (χ2n) is 4.53. The maximum absolute atomic E-state index is 11.3. The summed E-state index contributed by atoms with van der Waals surface area (Å²) in [6.45, 7) is 0. The summed E-state index contributed by atoms with van der Waals surface area (Å²) >= 11 is 0.814. The van der Waals surface area contributed by atoms with Gasteiger partial charge >= 0.3 is 0 Å². The zero-order valence-corrected chi connectivity index (χ0v) is 12.6. The fraction of sp³-hybridized carbons (Fsp3) is 0. The van der Waals surface area contributed by atoms with E-state index in [-0.39, 0.29) is 4.90 Å². The van der Waals surface area contributed by atoms with Gasteiger partial charge in [0.1, 0.15) is 0 Å². The second kappa shape index (κ2) is 5.84. The van der Waals surface area contributed by atoms with Crippen molar-refractivity contribution >= 4 is 43.7 Å². The Morgan fingerprint density at radius 3 is 2.14 bits per heavy atom. The molecule has 3 aromatic rings. The summed E-state index contributed by atoms with van der Waals surface area (Å²) in [5.74, 6) is 0. The maximum Gasteiger partial charge on any atom is 0.294 e. The van der Waals surface area contributed by atoms with Crippen LogP contribution in [0.15, 0.2) is 58.3 Å². The fourth-order valence-corrected chi connectivity index (χ4v) is 3.18. The van der Waals surface area contributed by atoms with Gasteiger partial charge < -0.3 is 0 Å². The SMILES string of the molecule is O=S(=O)(O)c1ccc2ccc3ccc(SOOO)cc3c2c1. The molecule has 8 heteroatoms. The van der Waals surface area contributed by atoms with Gasteiger partial charge in [-0.05, 0) is 45.8 Å². The number of benzene rings is 3. The van der Waals surface area contributed by atoms with Crippen molar-refractivity contribution in [1.82, 2.24) is 0 Å². The molecular weight excluding hydrogens is 328 g/mol. The van der Waals surface area contributed by atoms with E-state index in [4.69, 9.17) is 5.26 Å². The Balaban J connectivity index is 2.26. The summed E-state index contributed by atoms with van der Waals surface area (Å²) in [5, 5.41) is 15.0. The van der Waals surface area contributed by atoms with Crippen LogP contribution in [0.2, 0.25) is 0 Å². The van der Waals surface area contributed by atoms with Crippen molar-refractivity contribution in [2.75, 3.05) is 0 Å². The molecule has 0 aliphatic rings. The van der Waals surface area contributed by atoms with Gasteiger partial charge in [0.2, 0.25) is 0 Å². The van der Waals surface area contributed by atoms with E-state index >= 15 is 0 Å². The van der Waals surface area contributed by atoms with E-state index in [9.17, 15) is 13.0 Å². The first-order chi connectivity index (χ1) is 10.5. The van der Waals surface area contributed by atoms with Gasteiger partial charge in [0, 0.05) is 4.90 Å². The predicted octanol–water partition coefficient (Wildman–Crippen LogP) is 3.67. The van der Waals surface area contributed by atoms with Gasteiger partial charge in [-0.2, -0.15) is 8.42 Å². The van der Waals surface area contributed by atoms with Crippen LogP contribution in [0, 0.1) is 0 Å². The normalized spacial score (nSPS) is 12.1. The highest BCUT2D eigenvalue weighted by Gasteiger charge is 2.11. The highest BCUT2D eigenvalue weighted by Crippen LogP contribution is 2.31. The molecule has 0 spiro atoms. The number of hydrogen-bond donors (Lipinski definition) is 2. The minimum Gasteiger partial charge on any atom is -0.282 e. The molecule has 3 rings (SSSR count). The Hall–Kier alpha value is -1.68. The Labute approximate surface area is 130 Å². The first kappa shape index (κ1) is 15.2. The van der Waals surface area contributed by atoms with E-state index in [0.29, 0.717) is 10.3 Å². The number of rotatable bonds is 4. The molecule has 0 atom stereocenters. The molecule has 0 bridgehead atoms. The molecule has 114 valence electrons. The van der Waals surface area contributed by atoms with Gasteiger partial charge in [-0.1, -0.05) is 29.3 Å². The Kier molecular flexibility index (Phi) is 4.04. The largest absolute Gasteiger partial charge is 0.294 e. The van der Waals surface area contributed by atoms with Gasteiger partial charge in [-0.15, -0.1) is 4.33 Å². The lowest BCUT2D eigenvalue weighted by Crippen LogP contribution is -1.97. The van der Waals surface area contributed by atoms with Crippen molar-refractivity contribution in [3.05, 3.63) is 48.5 Å². The van der Waals surface area contributed by atoms with Gasteiger partial charge in [-0.25, -0.2) is 5.26 Å². The van der Waals surface area contributed by atoms with Crippen LogP contribution in [0.5, 0.6) is 0 Å². The average Bonchev–Trinajstić information content (AvgIpc) is 2.51. The van der Waals surface area contributed by atoms with Crippen LogP contribution in [0.1, 0.15) is 0 Å². The summed E-state index contributed by atoms with van der Waals surface area (Å²) < 4.78 is 36.2. The van der Waals surface area contributed by atoms with Crippen LogP contribution in [0.3, 0.4) is 0 Å². The molecule has 22 heavy (non-hydrogen) atoms. The van der Waals surface area contributed by atoms with Crippen LogP contribution in [0.4, 0.5) is 0 Å². The van der Waals surface area contributed by atoms with E-state index < -0.39 is 10.1 Å². The van der Waals surface area contributed by atoms with Crippen LogP contribution < -0.4 is 0 Å². The maximum atomic E-state index is 11.3. The van der Waals surface area contributed by atoms with Crippen molar-refractivity contribution in [1.29, 1.82) is 0 Å². The zero-order chi connectivity index (χ0) is 15.7. The lowest BCUT2D eigenvalue weighted by molar-refractivity contribution is -0.432. The lowest BCUT2D eigenvalue weighted by atomic mass is 10.0. The van der Waals surface area contributed by atoms with Crippen molar-refractivity contribution in [3.8, 4) is 0 Å². The Morgan fingerprint density at radius 2 is 1.50 bits per heavy atom. The third-order valence-corrected chi connectivity index (χ3v) is 4.67. The molecule has 0 aliphatic heterocycles. The first-order valence-corrected chi connectivity index (χ1v) is 8.26. The summed E-state index contributed by atoms with van der Waals surface area (Å²) in [5.41, 5.74) is 0. The zero-order valence-electron chi connectivity index (χ0n) is 11.0. The van der Waals surface area contributed by atoms with Crippen molar-refractivity contribution in [2.24, 2.45) is 0 Å². The molecule has 0 unspecified atom stereocenters. The topological polar surface area (TPSA) is 93.1 Å². The quantitative estimate of drug-likeness (QED) is 0.246. The van der Waals surface area contributed by atoms with Crippen LogP contribution in [0.25, 0.3) is 21.5 Å². The number of fused-ring (bicyclic) bond motifs is 3. The molecule has 0 saturated carbocycles. The predicted molar refractivity (Wildman–Crippen MR) is 81.9 cm³/mol. The molecule has 3 aromatic carbocycles. The molecule has 0 heterocycles. The van der Waals surface area contributed by atoms with Crippen molar-refractivity contribution in [2.45, 2.75) is 9.79 Å². The van der Waals surface area contributed by atoms with E-state index in [1.165, 1.54) is 12.1 Å². The standard InChI is InChI=1S/C14H10O6S2/c15-19-20-21-11-5-3-9-1-2-10-4-6-12(22(16,17)18)8-14(10)13(9)7-11/h1-8,15H,(H,16,17,18). The summed E-state index contributed by atoms with van der Waals surface area (Å²) in [6, 6.07) is 13.5. The average molecular weight is 338 g/mol. The lowest BCUT2D eigenvalue weighted by Gasteiger charge is -2.07. The first-order valence-electron chi connectivity index (χ1n) is 6.08. The van der Waals surface area contributed by atoms with Gasteiger partial charge in [-0.3, -0.25) is 4.55 Å².